The lowest BCUT2D eigenvalue weighted by Crippen LogP contribution is -2.53. The molecule has 2 aromatic rings. The maximum absolute atomic E-state index is 13.9. The summed E-state index contributed by atoms with van der Waals surface area (Å²) in [6.07, 6.45) is 1.63. The van der Waals surface area contributed by atoms with E-state index in [0.717, 1.165) is 11.1 Å². The average molecular weight is 499 g/mol. The number of amides is 4. The van der Waals surface area contributed by atoms with Crippen LogP contribution in [-0.4, -0.2) is 36.2 Å². The van der Waals surface area contributed by atoms with Gasteiger partial charge in [-0.15, -0.1) is 0 Å². The predicted molar refractivity (Wildman–Crippen MR) is 133 cm³/mol. The van der Waals surface area contributed by atoms with Crippen LogP contribution in [0.1, 0.15) is 18.1 Å². The Bertz CT molecular complexity index is 1340. The largest absolute Gasteiger partial charge is 0.463 e. The van der Waals surface area contributed by atoms with Crippen LogP contribution < -0.4 is 9.80 Å². The molecule has 37 heavy (non-hydrogen) atoms. The molecule has 2 aliphatic heterocycles. The van der Waals surface area contributed by atoms with Crippen LogP contribution in [0.4, 0.5) is 11.4 Å². The van der Waals surface area contributed by atoms with Gasteiger partial charge >= 0.3 is 5.97 Å². The van der Waals surface area contributed by atoms with Crippen LogP contribution in [0.2, 0.25) is 0 Å². The predicted octanol–water partition coefficient (Wildman–Crippen LogP) is 2.96. The van der Waals surface area contributed by atoms with E-state index in [0.29, 0.717) is 11.4 Å². The Morgan fingerprint density at radius 3 is 1.57 bits per heavy atom. The lowest BCUT2D eigenvalue weighted by Gasteiger charge is -2.46. The number of benzene rings is 2. The molecule has 7 rings (SSSR count). The molecule has 0 radical (unpaired) electrons. The standard InChI is InChI=1S/C29H26N2O6/c1-4-37-29(36)17-13-16-21-23(27(34)30(25(21)32)18-11-7-5-9-14(18)2)20(17)24-22(16)26(33)31(28(24)35)19-12-8-6-10-15(19)3/h5-13,16,20-24H,4H2,1-3H3/t16?,20?,21-,22+,23+,24-. The number of aryl methyl sites for hydroxylation is 2. The van der Waals surface area contributed by atoms with Gasteiger partial charge in [-0.25, -0.2) is 14.6 Å². The first-order valence-corrected chi connectivity index (χ1v) is 12.5. The number of hydrogen-bond donors (Lipinski definition) is 0. The first-order valence-electron chi connectivity index (χ1n) is 12.5. The van der Waals surface area contributed by atoms with E-state index in [1.807, 2.05) is 38.1 Å². The number of allylic oxidation sites excluding steroid dienone is 1. The highest BCUT2D eigenvalue weighted by Crippen LogP contribution is 2.61. The third-order valence-electron chi connectivity index (χ3n) is 8.35. The quantitative estimate of drug-likeness (QED) is 0.475. The van der Waals surface area contributed by atoms with Gasteiger partial charge in [-0.2, -0.15) is 0 Å². The van der Waals surface area contributed by atoms with Gasteiger partial charge in [-0.05, 0) is 44.0 Å². The fourth-order valence-electron chi connectivity index (χ4n) is 6.87. The molecule has 6 atom stereocenters. The monoisotopic (exact) mass is 498 g/mol. The second-order valence-corrected chi connectivity index (χ2v) is 10.1. The molecule has 2 unspecified atom stereocenters. The van der Waals surface area contributed by atoms with Gasteiger partial charge < -0.3 is 4.74 Å². The molecule has 3 aliphatic carbocycles. The molecule has 8 heteroatoms. The Labute approximate surface area is 213 Å². The zero-order chi connectivity index (χ0) is 26.2. The minimum atomic E-state index is -0.921. The molecule has 2 aromatic carbocycles. The first-order chi connectivity index (χ1) is 17.8. The van der Waals surface area contributed by atoms with Gasteiger partial charge in [0.25, 0.3) is 0 Å². The van der Waals surface area contributed by atoms with E-state index in [1.54, 1.807) is 37.3 Å². The van der Waals surface area contributed by atoms with Crippen molar-refractivity contribution >= 4 is 41.0 Å². The molecule has 0 spiro atoms. The van der Waals surface area contributed by atoms with E-state index in [9.17, 15) is 24.0 Å². The van der Waals surface area contributed by atoms with E-state index in [2.05, 4.69) is 0 Å². The Morgan fingerprint density at radius 2 is 1.14 bits per heavy atom. The second-order valence-electron chi connectivity index (χ2n) is 10.1. The van der Waals surface area contributed by atoms with Crippen molar-refractivity contribution in [3.8, 4) is 0 Å². The molecule has 188 valence electrons. The van der Waals surface area contributed by atoms with Crippen LogP contribution in [0.15, 0.2) is 60.2 Å². The molecule has 5 aliphatic rings. The highest BCUT2D eigenvalue weighted by Gasteiger charge is 2.71. The Balaban J connectivity index is 1.49. The van der Waals surface area contributed by atoms with Crippen LogP contribution in [0.25, 0.3) is 0 Å². The molecule has 1 saturated carbocycles. The smallest absolute Gasteiger partial charge is 0.334 e. The van der Waals surface area contributed by atoms with E-state index in [-0.39, 0.29) is 12.2 Å². The summed E-state index contributed by atoms with van der Waals surface area (Å²) < 4.78 is 5.29. The number of para-hydroxylation sites is 2. The average Bonchev–Trinajstić information content (AvgIpc) is 3.31. The van der Waals surface area contributed by atoms with Crippen LogP contribution >= 0.6 is 0 Å². The maximum Gasteiger partial charge on any atom is 0.334 e. The van der Waals surface area contributed by atoms with Crippen LogP contribution in [0.3, 0.4) is 0 Å². The van der Waals surface area contributed by atoms with Gasteiger partial charge in [0.1, 0.15) is 0 Å². The maximum atomic E-state index is 13.9. The van der Waals surface area contributed by atoms with Crippen molar-refractivity contribution in [3.05, 3.63) is 71.3 Å². The molecule has 8 nitrogen and oxygen atoms in total. The number of hydrogen-bond acceptors (Lipinski definition) is 6. The first kappa shape index (κ1) is 23.3. The van der Waals surface area contributed by atoms with E-state index in [4.69, 9.17) is 4.74 Å². The van der Waals surface area contributed by atoms with E-state index in [1.165, 1.54) is 9.80 Å². The van der Waals surface area contributed by atoms with Crippen molar-refractivity contribution in [1.29, 1.82) is 0 Å². The molecular weight excluding hydrogens is 472 g/mol. The highest BCUT2D eigenvalue weighted by atomic mass is 16.5. The summed E-state index contributed by atoms with van der Waals surface area (Å²) in [5.74, 6) is -7.48. The summed E-state index contributed by atoms with van der Waals surface area (Å²) in [7, 11) is 0. The van der Waals surface area contributed by atoms with Gasteiger partial charge in [0.2, 0.25) is 23.6 Å². The number of imide groups is 2. The van der Waals surface area contributed by atoms with Gasteiger partial charge in [-0.1, -0.05) is 42.5 Å². The Kier molecular flexibility index (Phi) is 5.19. The molecule has 4 amide bonds. The van der Waals surface area contributed by atoms with Crippen LogP contribution in [0.5, 0.6) is 0 Å². The minimum Gasteiger partial charge on any atom is -0.463 e. The van der Waals surface area contributed by atoms with Gasteiger partial charge in [0.15, 0.2) is 0 Å². The summed E-state index contributed by atoms with van der Waals surface area (Å²) in [6, 6.07) is 14.2. The summed E-state index contributed by atoms with van der Waals surface area (Å²) >= 11 is 0. The fourth-order valence-corrected chi connectivity index (χ4v) is 6.87. The summed E-state index contributed by atoms with van der Waals surface area (Å²) in [4.78, 5) is 70.9. The Morgan fingerprint density at radius 1 is 0.703 bits per heavy atom. The molecule has 2 bridgehead atoms. The highest BCUT2D eigenvalue weighted by molar-refractivity contribution is 6.27. The van der Waals surface area contributed by atoms with Gasteiger partial charge in [0.05, 0.1) is 41.7 Å². The van der Waals surface area contributed by atoms with Gasteiger partial charge in [0, 0.05) is 17.4 Å². The molecule has 0 aromatic heterocycles. The number of nitrogens with zero attached hydrogens (tertiary/aromatic N) is 2. The molecule has 0 N–H and O–H groups in total. The number of esters is 1. The molecule has 3 fully saturated rings. The third kappa shape index (κ3) is 3.04. The van der Waals surface area contributed by atoms with Crippen molar-refractivity contribution in [2.45, 2.75) is 20.8 Å². The van der Waals surface area contributed by atoms with E-state index >= 15 is 0 Å². The summed E-state index contributed by atoms with van der Waals surface area (Å²) in [5, 5.41) is 0. The lowest BCUT2D eigenvalue weighted by molar-refractivity contribution is -0.146. The number of anilines is 2. The fraction of sp³-hybridized carbons (Fsp3) is 0.345. The van der Waals surface area contributed by atoms with E-state index < -0.39 is 65.1 Å². The molecular formula is C29H26N2O6. The third-order valence-corrected chi connectivity index (χ3v) is 8.35. The summed E-state index contributed by atoms with van der Waals surface area (Å²) in [5.41, 5.74) is 2.69. The Hall–Kier alpha value is -4.07. The topological polar surface area (TPSA) is 101 Å². The zero-order valence-corrected chi connectivity index (χ0v) is 20.7. The number of ether oxygens (including phenoxy) is 1. The van der Waals surface area contributed by atoms with Crippen molar-refractivity contribution in [2.75, 3.05) is 16.4 Å². The second kappa shape index (κ2) is 8.23. The lowest BCUT2D eigenvalue weighted by atomic mass is 9.52. The number of carbonyl (C=O) groups excluding carboxylic acids is 5. The molecule has 2 heterocycles. The number of rotatable bonds is 4. The van der Waals surface area contributed by atoms with Crippen LogP contribution in [-0.2, 0) is 28.7 Å². The minimum absolute atomic E-state index is 0.125. The van der Waals surface area contributed by atoms with Crippen molar-refractivity contribution in [1.82, 2.24) is 0 Å². The van der Waals surface area contributed by atoms with Crippen molar-refractivity contribution in [3.63, 3.8) is 0 Å². The SMILES string of the molecule is CCOC(=O)C1=CC2[C@H]3C(=O)N(c4ccccc4C)C(=O)[C@H]3C1[C@H]1C(=O)N(c3ccccc3C)C(=O)[C@@H]21. The van der Waals surface area contributed by atoms with Gasteiger partial charge in [-0.3, -0.25) is 19.2 Å². The zero-order valence-electron chi connectivity index (χ0n) is 20.7. The van der Waals surface area contributed by atoms with Crippen molar-refractivity contribution < 1.29 is 28.7 Å². The number of carbonyl (C=O) groups is 5. The molecule has 2 saturated heterocycles. The summed E-state index contributed by atoms with van der Waals surface area (Å²) in [6.45, 7) is 5.44. The van der Waals surface area contributed by atoms with Crippen LogP contribution in [0, 0.1) is 49.4 Å². The van der Waals surface area contributed by atoms with Crippen molar-refractivity contribution in [2.24, 2.45) is 35.5 Å². The normalized spacial score (nSPS) is 30.0.